The van der Waals surface area contributed by atoms with Gasteiger partial charge >= 0.3 is 6.09 Å². The second kappa shape index (κ2) is 9.70. The Morgan fingerprint density at radius 1 is 1.28 bits per heavy atom. The fourth-order valence-corrected chi connectivity index (χ4v) is 4.15. The number of ketones is 1. The molecule has 4 rings (SSSR count). The van der Waals surface area contributed by atoms with Crippen molar-refractivity contribution >= 4 is 23.9 Å². The van der Waals surface area contributed by atoms with E-state index in [1.807, 2.05) is 0 Å². The highest BCUT2D eigenvalue weighted by atomic mass is 16.8. The first-order valence-corrected chi connectivity index (χ1v) is 11.1. The number of hydrogen-bond acceptors (Lipinski definition) is 7. The molecule has 2 amide bonds. The van der Waals surface area contributed by atoms with E-state index in [0.717, 1.165) is 19.3 Å². The maximum atomic E-state index is 13.1. The monoisotopic (exact) mass is 444 g/mol. The Morgan fingerprint density at radius 3 is 2.81 bits per heavy atom. The first-order valence-electron chi connectivity index (χ1n) is 11.1. The quantitative estimate of drug-likeness (QED) is 0.550. The summed E-state index contributed by atoms with van der Waals surface area (Å²) in [5.74, 6) is 0.0255. The van der Waals surface area contributed by atoms with Crippen LogP contribution in [0.5, 0.6) is 5.75 Å². The molecule has 3 heterocycles. The Bertz CT molecular complexity index is 900. The minimum absolute atomic E-state index is 0.0894. The van der Waals surface area contributed by atoms with Crippen LogP contribution in [-0.4, -0.2) is 60.9 Å². The van der Waals surface area contributed by atoms with Crippen LogP contribution in [0, 0.1) is 0 Å². The zero-order valence-electron chi connectivity index (χ0n) is 18.1. The van der Waals surface area contributed by atoms with Gasteiger partial charge in [0, 0.05) is 45.0 Å². The second-order valence-corrected chi connectivity index (χ2v) is 8.08. The van der Waals surface area contributed by atoms with Gasteiger partial charge < -0.3 is 19.1 Å². The number of likely N-dealkylation sites (tertiary alicyclic amines) is 1. The third kappa shape index (κ3) is 4.78. The molecule has 0 aliphatic carbocycles. The van der Waals surface area contributed by atoms with E-state index in [0.29, 0.717) is 56.0 Å². The Labute approximate surface area is 186 Å². The van der Waals surface area contributed by atoms with Crippen LogP contribution in [0.1, 0.15) is 54.9 Å². The number of carbonyl (C=O) groups is 3. The number of fused-ring (bicyclic) bond motifs is 1. The van der Waals surface area contributed by atoms with Gasteiger partial charge in [0.1, 0.15) is 5.75 Å². The van der Waals surface area contributed by atoms with Crippen molar-refractivity contribution in [3.8, 4) is 5.75 Å². The van der Waals surface area contributed by atoms with E-state index < -0.39 is 17.8 Å². The number of carbonyl (C=O) groups excluding carboxylic acids is 3. The van der Waals surface area contributed by atoms with Crippen molar-refractivity contribution < 1.29 is 33.4 Å². The van der Waals surface area contributed by atoms with Crippen molar-refractivity contribution in [1.29, 1.82) is 0 Å². The van der Waals surface area contributed by atoms with Crippen molar-refractivity contribution in [2.45, 2.75) is 50.9 Å². The summed E-state index contributed by atoms with van der Waals surface area (Å²) in [5, 5.41) is 0. The SMILES string of the molecule is CCOC(=O)N1CCC2(CC1)Oc1ccc(/C=C/C(=O)NOC3CCCCO3)cc1C2=O. The minimum atomic E-state index is -0.946. The van der Waals surface area contributed by atoms with Crippen molar-refractivity contribution in [1.82, 2.24) is 10.4 Å². The molecule has 1 atom stereocenters. The molecule has 0 radical (unpaired) electrons. The molecule has 1 unspecified atom stereocenters. The molecule has 3 aliphatic rings. The molecule has 3 aliphatic heterocycles. The molecule has 2 fully saturated rings. The summed E-state index contributed by atoms with van der Waals surface area (Å²) >= 11 is 0. The van der Waals surface area contributed by atoms with Gasteiger partial charge in [-0.25, -0.2) is 15.1 Å². The zero-order valence-corrected chi connectivity index (χ0v) is 18.1. The molecule has 1 aromatic carbocycles. The van der Waals surface area contributed by atoms with Gasteiger partial charge in [-0.05, 0) is 43.5 Å². The number of rotatable bonds is 5. The van der Waals surface area contributed by atoms with Crippen LogP contribution in [-0.2, 0) is 19.1 Å². The van der Waals surface area contributed by atoms with Crippen molar-refractivity contribution in [3.63, 3.8) is 0 Å². The summed E-state index contributed by atoms with van der Waals surface area (Å²) in [6.07, 6.45) is 5.75. The number of ether oxygens (including phenoxy) is 3. The highest BCUT2D eigenvalue weighted by molar-refractivity contribution is 6.08. The van der Waals surface area contributed by atoms with Crippen LogP contribution >= 0.6 is 0 Å². The van der Waals surface area contributed by atoms with Crippen LogP contribution in [0.2, 0.25) is 0 Å². The Morgan fingerprint density at radius 2 is 2.09 bits per heavy atom. The summed E-state index contributed by atoms with van der Waals surface area (Å²) in [6, 6.07) is 5.25. The van der Waals surface area contributed by atoms with Gasteiger partial charge in [0.25, 0.3) is 5.91 Å². The Balaban J connectivity index is 1.34. The highest BCUT2D eigenvalue weighted by Gasteiger charge is 2.50. The maximum absolute atomic E-state index is 13.1. The third-order valence-electron chi connectivity index (χ3n) is 5.92. The van der Waals surface area contributed by atoms with E-state index in [4.69, 9.17) is 19.0 Å². The number of nitrogens with one attached hydrogen (secondary N) is 1. The molecule has 1 N–H and O–H groups in total. The van der Waals surface area contributed by atoms with Crippen molar-refractivity contribution in [3.05, 3.63) is 35.4 Å². The normalized spacial score (nSPS) is 22.0. The fourth-order valence-electron chi connectivity index (χ4n) is 4.15. The van der Waals surface area contributed by atoms with Gasteiger partial charge in [-0.15, -0.1) is 0 Å². The van der Waals surface area contributed by atoms with Gasteiger partial charge in [0.2, 0.25) is 5.78 Å². The highest BCUT2D eigenvalue weighted by Crippen LogP contribution is 2.41. The molecule has 32 heavy (non-hydrogen) atoms. The van der Waals surface area contributed by atoms with Gasteiger partial charge in [0.05, 0.1) is 12.2 Å². The largest absolute Gasteiger partial charge is 0.478 e. The van der Waals surface area contributed by atoms with Gasteiger partial charge in [-0.3, -0.25) is 9.59 Å². The summed E-state index contributed by atoms with van der Waals surface area (Å²) in [4.78, 5) is 44.0. The molecule has 172 valence electrons. The summed E-state index contributed by atoms with van der Waals surface area (Å²) in [7, 11) is 0. The van der Waals surface area contributed by atoms with E-state index in [-0.39, 0.29) is 11.9 Å². The molecule has 1 aromatic rings. The first kappa shape index (κ1) is 22.3. The van der Waals surface area contributed by atoms with Crippen LogP contribution < -0.4 is 10.2 Å². The van der Waals surface area contributed by atoms with E-state index in [9.17, 15) is 14.4 Å². The van der Waals surface area contributed by atoms with Crippen molar-refractivity contribution in [2.24, 2.45) is 0 Å². The number of benzene rings is 1. The summed E-state index contributed by atoms with van der Waals surface area (Å²) in [5.41, 5.74) is 2.61. The molecule has 0 saturated carbocycles. The first-order chi connectivity index (χ1) is 15.5. The van der Waals surface area contributed by atoms with E-state index >= 15 is 0 Å². The number of piperidine rings is 1. The maximum Gasteiger partial charge on any atom is 0.409 e. The lowest BCUT2D eigenvalue weighted by atomic mass is 9.85. The van der Waals surface area contributed by atoms with Gasteiger partial charge in [-0.1, -0.05) is 6.07 Å². The topological polar surface area (TPSA) is 103 Å². The van der Waals surface area contributed by atoms with Crippen LogP contribution in [0.3, 0.4) is 0 Å². The summed E-state index contributed by atoms with van der Waals surface area (Å²) < 4.78 is 16.5. The Hall–Kier alpha value is -2.91. The number of Topliss-reactive ketones (excluding diaryl/α,β-unsaturated/α-hetero) is 1. The zero-order chi connectivity index (χ0) is 22.6. The number of nitrogens with zero attached hydrogens (tertiary/aromatic N) is 1. The van der Waals surface area contributed by atoms with Crippen LogP contribution in [0.25, 0.3) is 6.08 Å². The predicted octanol–water partition coefficient (Wildman–Crippen LogP) is 2.84. The number of amides is 2. The molecule has 2 saturated heterocycles. The van der Waals surface area contributed by atoms with E-state index in [2.05, 4.69) is 5.48 Å². The fraction of sp³-hybridized carbons (Fsp3) is 0.522. The molecular weight excluding hydrogens is 416 g/mol. The average Bonchev–Trinajstić information content (AvgIpc) is 3.08. The molecule has 1 spiro atoms. The molecule has 0 bridgehead atoms. The molecule has 9 nitrogen and oxygen atoms in total. The predicted molar refractivity (Wildman–Crippen MR) is 114 cm³/mol. The lowest BCUT2D eigenvalue weighted by Crippen LogP contribution is -2.52. The second-order valence-electron chi connectivity index (χ2n) is 8.08. The third-order valence-corrected chi connectivity index (χ3v) is 5.92. The smallest absolute Gasteiger partial charge is 0.409 e. The average molecular weight is 444 g/mol. The van der Waals surface area contributed by atoms with Gasteiger partial charge in [-0.2, -0.15) is 0 Å². The van der Waals surface area contributed by atoms with Crippen molar-refractivity contribution in [2.75, 3.05) is 26.3 Å². The molecular formula is C23H28N2O7. The minimum Gasteiger partial charge on any atom is -0.478 e. The van der Waals surface area contributed by atoms with Crippen LogP contribution in [0.4, 0.5) is 4.79 Å². The van der Waals surface area contributed by atoms with Crippen LogP contribution in [0.15, 0.2) is 24.3 Å². The van der Waals surface area contributed by atoms with E-state index in [1.165, 1.54) is 6.08 Å². The number of hydroxylamine groups is 1. The molecule has 0 aromatic heterocycles. The molecule has 9 heteroatoms. The Kier molecular flexibility index (Phi) is 6.76. The lowest BCUT2D eigenvalue weighted by molar-refractivity contribution is -0.198. The standard InChI is InChI=1S/C23H28N2O7/c1-2-29-22(28)25-12-10-23(11-13-25)21(27)17-15-16(6-8-18(17)31-23)7-9-19(26)24-32-20-5-3-4-14-30-20/h6-9,15,20H,2-5,10-14H2,1H3,(H,24,26)/b9-7+. The van der Waals surface area contributed by atoms with E-state index in [1.54, 1.807) is 36.1 Å². The van der Waals surface area contributed by atoms with Gasteiger partial charge in [0.15, 0.2) is 11.9 Å². The number of hydrogen-bond donors (Lipinski definition) is 1. The lowest BCUT2D eigenvalue weighted by Gasteiger charge is -2.36. The summed E-state index contributed by atoms with van der Waals surface area (Å²) in [6.45, 7) is 3.50.